The molecular formula is C16H27NO2. The fourth-order valence-corrected chi connectivity index (χ4v) is 3.60. The number of nitrogens with one attached hydrogen (secondary N) is 1. The van der Waals surface area contributed by atoms with Gasteiger partial charge in [-0.15, -0.1) is 0 Å². The van der Waals surface area contributed by atoms with Crippen molar-refractivity contribution in [1.82, 2.24) is 5.32 Å². The first kappa shape index (κ1) is 13.6. The third kappa shape index (κ3) is 2.88. The summed E-state index contributed by atoms with van der Waals surface area (Å²) in [6.45, 7) is 6.59. The van der Waals surface area contributed by atoms with Gasteiger partial charge in [0.05, 0.1) is 19.3 Å². The van der Waals surface area contributed by atoms with E-state index in [1.165, 1.54) is 31.3 Å². The number of ether oxygens (including phenoxy) is 1. The molecule has 3 nitrogen and oxygen atoms in total. The van der Waals surface area contributed by atoms with E-state index in [4.69, 9.17) is 4.74 Å². The van der Waals surface area contributed by atoms with Gasteiger partial charge in [0.2, 0.25) is 0 Å². The zero-order valence-corrected chi connectivity index (χ0v) is 12.2. The summed E-state index contributed by atoms with van der Waals surface area (Å²) in [7, 11) is 0. The van der Waals surface area contributed by atoms with Gasteiger partial charge in [0, 0.05) is 12.6 Å². The minimum absolute atomic E-state index is 0.369. The molecule has 2 saturated carbocycles. The van der Waals surface area contributed by atoms with Crippen molar-refractivity contribution in [2.24, 2.45) is 17.3 Å². The molecule has 0 heterocycles. The first-order valence-electron chi connectivity index (χ1n) is 7.75. The highest BCUT2D eigenvalue weighted by Crippen LogP contribution is 2.59. The van der Waals surface area contributed by atoms with Crippen LogP contribution in [0.2, 0.25) is 0 Å². The first-order valence-corrected chi connectivity index (χ1v) is 7.75. The van der Waals surface area contributed by atoms with Crippen LogP contribution in [-0.2, 0) is 4.74 Å². The molecule has 0 aliphatic heterocycles. The lowest BCUT2D eigenvalue weighted by Gasteiger charge is -2.56. The summed E-state index contributed by atoms with van der Waals surface area (Å²) >= 11 is 0. The lowest BCUT2D eigenvalue weighted by atomic mass is 9.49. The normalized spacial score (nSPS) is 33.5. The molecule has 0 aromatic rings. The van der Waals surface area contributed by atoms with E-state index in [1.54, 1.807) is 0 Å². The van der Waals surface area contributed by atoms with Gasteiger partial charge in [-0.25, -0.2) is 0 Å². The van der Waals surface area contributed by atoms with E-state index in [-0.39, 0.29) is 6.10 Å². The molecule has 0 amide bonds. The molecule has 2 fully saturated rings. The molecule has 2 N–H and O–H groups in total. The summed E-state index contributed by atoms with van der Waals surface area (Å²) < 4.78 is 5.72. The Morgan fingerprint density at radius 1 is 1.47 bits per heavy atom. The van der Waals surface area contributed by atoms with Gasteiger partial charge < -0.3 is 15.2 Å². The molecule has 4 aliphatic carbocycles. The summed E-state index contributed by atoms with van der Waals surface area (Å²) in [5.41, 5.74) is 1.94. The van der Waals surface area contributed by atoms with Gasteiger partial charge in [-0.3, -0.25) is 0 Å². The number of hydrogen-bond acceptors (Lipinski definition) is 3. The second-order valence-electron chi connectivity index (χ2n) is 7.17. The van der Waals surface area contributed by atoms with Crippen LogP contribution in [0.3, 0.4) is 0 Å². The molecule has 19 heavy (non-hydrogen) atoms. The summed E-state index contributed by atoms with van der Waals surface area (Å²) in [5.74, 6) is 1.60. The van der Waals surface area contributed by atoms with Gasteiger partial charge in [0.1, 0.15) is 0 Å². The molecule has 3 unspecified atom stereocenters. The monoisotopic (exact) mass is 265 g/mol. The smallest absolute Gasteiger partial charge is 0.0897 e. The molecule has 4 rings (SSSR count). The highest BCUT2D eigenvalue weighted by molar-refractivity contribution is 5.23. The van der Waals surface area contributed by atoms with Crippen LogP contribution in [0.25, 0.3) is 0 Å². The molecule has 108 valence electrons. The topological polar surface area (TPSA) is 41.5 Å². The van der Waals surface area contributed by atoms with Gasteiger partial charge in [-0.2, -0.15) is 0 Å². The van der Waals surface area contributed by atoms with E-state index in [1.807, 2.05) is 0 Å². The molecule has 0 saturated heterocycles. The quantitative estimate of drug-likeness (QED) is 0.693. The standard InChI is InChI=1S/C16H27NO2/c1-16(2)12-4-3-11(15(16)7-12)9-19-10-14(18)8-17-13-5-6-13/h3,12-15,17-18H,4-10H2,1-2H3. The van der Waals surface area contributed by atoms with E-state index in [9.17, 15) is 5.11 Å². The predicted octanol–water partition coefficient (Wildman–Crippen LogP) is 2.11. The fraction of sp³-hybridized carbons (Fsp3) is 0.875. The highest BCUT2D eigenvalue weighted by Gasteiger charge is 2.50. The molecule has 0 aromatic heterocycles. The molecule has 3 heteroatoms. The van der Waals surface area contributed by atoms with Crippen molar-refractivity contribution < 1.29 is 9.84 Å². The Kier molecular flexibility index (Phi) is 3.71. The van der Waals surface area contributed by atoms with Gasteiger partial charge in [-0.1, -0.05) is 19.9 Å². The predicted molar refractivity (Wildman–Crippen MR) is 75.9 cm³/mol. The van der Waals surface area contributed by atoms with Crippen molar-refractivity contribution in [3.63, 3.8) is 0 Å². The number of hydrogen-bond donors (Lipinski definition) is 2. The fourth-order valence-electron chi connectivity index (χ4n) is 3.60. The lowest BCUT2D eigenvalue weighted by molar-refractivity contribution is -0.0235. The molecule has 2 bridgehead atoms. The van der Waals surface area contributed by atoms with Crippen molar-refractivity contribution >= 4 is 0 Å². The zero-order chi connectivity index (χ0) is 13.5. The third-order valence-electron chi connectivity index (χ3n) is 5.38. The van der Waals surface area contributed by atoms with Gasteiger partial charge in [0.25, 0.3) is 0 Å². The zero-order valence-electron chi connectivity index (χ0n) is 12.2. The van der Waals surface area contributed by atoms with Crippen LogP contribution in [0.15, 0.2) is 11.6 Å². The van der Waals surface area contributed by atoms with Gasteiger partial charge in [0.15, 0.2) is 0 Å². The Morgan fingerprint density at radius 3 is 2.89 bits per heavy atom. The molecule has 0 aromatic carbocycles. The lowest BCUT2D eigenvalue weighted by Crippen LogP contribution is -2.48. The summed E-state index contributed by atoms with van der Waals surface area (Å²) in [5, 5.41) is 13.2. The van der Waals surface area contributed by atoms with Crippen molar-refractivity contribution in [1.29, 1.82) is 0 Å². The molecule has 3 atom stereocenters. The second kappa shape index (κ2) is 5.19. The van der Waals surface area contributed by atoms with Crippen LogP contribution in [0, 0.1) is 17.3 Å². The molecule has 0 radical (unpaired) electrons. The third-order valence-corrected chi connectivity index (χ3v) is 5.38. The number of fused-ring (bicyclic) bond motifs is 1. The summed E-state index contributed by atoms with van der Waals surface area (Å²) in [6, 6.07) is 0.656. The largest absolute Gasteiger partial charge is 0.389 e. The van der Waals surface area contributed by atoms with Crippen LogP contribution in [0.1, 0.15) is 39.5 Å². The average molecular weight is 265 g/mol. The first-order chi connectivity index (χ1) is 9.07. The van der Waals surface area contributed by atoms with Crippen LogP contribution >= 0.6 is 0 Å². The van der Waals surface area contributed by atoms with Gasteiger partial charge in [-0.05, 0) is 48.5 Å². The van der Waals surface area contributed by atoms with Crippen molar-refractivity contribution in [3.05, 3.63) is 11.6 Å². The maximum absolute atomic E-state index is 9.83. The Bertz CT molecular complexity index is 360. The summed E-state index contributed by atoms with van der Waals surface area (Å²) in [6.07, 6.45) is 7.09. The Hall–Kier alpha value is -0.380. The van der Waals surface area contributed by atoms with E-state index >= 15 is 0 Å². The van der Waals surface area contributed by atoms with Gasteiger partial charge >= 0.3 is 0 Å². The molecule has 0 spiro atoms. The Balaban J connectivity index is 1.36. The number of rotatable bonds is 7. The van der Waals surface area contributed by atoms with E-state index in [2.05, 4.69) is 25.2 Å². The van der Waals surface area contributed by atoms with Crippen LogP contribution in [0.5, 0.6) is 0 Å². The maximum atomic E-state index is 9.83. The van der Waals surface area contributed by atoms with E-state index in [0.717, 1.165) is 5.92 Å². The average Bonchev–Trinajstić information content (AvgIpc) is 3.20. The number of aliphatic hydroxyl groups excluding tert-OH is 1. The van der Waals surface area contributed by atoms with Crippen LogP contribution in [-0.4, -0.2) is 37.0 Å². The van der Waals surface area contributed by atoms with Crippen molar-refractivity contribution in [2.45, 2.75) is 51.7 Å². The molecular weight excluding hydrogens is 238 g/mol. The summed E-state index contributed by atoms with van der Waals surface area (Å²) in [4.78, 5) is 0. The Morgan fingerprint density at radius 2 is 2.26 bits per heavy atom. The van der Waals surface area contributed by atoms with E-state index < -0.39 is 0 Å². The number of aliphatic hydroxyl groups is 1. The SMILES string of the molecule is CC1(C)C2CC=C(COCC(O)CNC3CC3)C1C2. The van der Waals surface area contributed by atoms with Crippen LogP contribution < -0.4 is 5.32 Å². The van der Waals surface area contributed by atoms with E-state index in [0.29, 0.717) is 37.1 Å². The maximum Gasteiger partial charge on any atom is 0.0897 e. The minimum Gasteiger partial charge on any atom is -0.389 e. The molecule has 4 aliphatic rings. The number of allylic oxidation sites excluding steroid dienone is 1. The van der Waals surface area contributed by atoms with Crippen LogP contribution in [0.4, 0.5) is 0 Å². The highest BCUT2D eigenvalue weighted by atomic mass is 16.5. The Labute approximate surface area is 116 Å². The minimum atomic E-state index is -0.369. The second-order valence-corrected chi connectivity index (χ2v) is 7.17. The van der Waals surface area contributed by atoms with Crippen molar-refractivity contribution in [2.75, 3.05) is 19.8 Å². The van der Waals surface area contributed by atoms with Crippen molar-refractivity contribution in [3.8, 4) is 0 Å².